The van der Waals surface area contributed by atoms with Gasteiger partial charge in [-0.2, -0.15) is 0 Å². The number of nitrogens with two attached hydrogens (primary N) is 1. The average molecular weight is 295 g/mol. The highest BCUT2D eigenvalue weighted by atomic mass is 35.5. The van der Waals surface area contributed by atoms with E-state index < -0.39 is 0 Å². The van der Waals surface area contributed by atoms with Crippen LogP contribution in [0, 0.1) is 6.92 Å². The summed E-state index contributed by atoms with van der Waals surface area (Å²) in [7, 11) is 2.11. The first-order valence-electron chi connectivity index (χ1n) is 6.35. The molecule has 0 bridgehead atoms. The highest BCUT2D eigenvalue weighted by Gasteiger charge is 2.09. The second-order valence-electron chi connectivity index (χ2n) is 4.73. The zero-order chi connectivity index (χ0) is 13.8. The Labute approximate surface area is 123 Å². The van der Waals surface area contributed by atoms with E-state index in [0.29, 0.717) is 6.54 Å². The molecule has 1 aromatic carbocycles. The number of benzene rings is 1. The number of hydrogen-bond acceptors (Lipinski definition) is 3. The lowest BCUT2D eigenvalue weighted by atomic mass is 10.1. The van der Waals surface area contributed by atoms with Gasteiger partial charge >= 0.3 is 0 Å². The number of anilines is 1. The van der Waals surface area contributed by atoms with Gasteiger partial charge in [-0.05, 0) is 43.7 Å². The van der Waals surface area contributed by atoms with Crippen molar-refractivity contribution in [1.82, 2.24) is 0 Å². The number of hydrogen-bond donors (Lipinski definition) is 1. The minimum atomic E-state index is 0.676. The zero-order valence-corrected chi connectivity index (χ0v) is 12.9. The molecule has 2 rings (SSSR count). The van der Waals surface area contributed by atoms with Crippen LogP contribution in [0.25, 0.3) is 0 Å². The van der Waals surface area contributed by atoms with Crippen molar-refractivity contribution in [3.05, 3.63) is 50.7 Å². The maximum atomic E-state index is 5.98. The van der Waals surface area contributed by atoms with Crippen LogP contribution in [0.3, 0.4) is 0 Å². The number of nitrogens with zero attached hydrogens (tertiary/aromatic N) is 1. The topological polar surface area (TPSA) is 29.3 Å². The Kier molecular flexibility index (Phi) is 4.86. The van der Waals surface area contributed by atoms with E-state index in [0.717, 1.165) is 17.3 Å². The number of thiophene rings is 1. The van der Waals surface area contributed by atoms with Crippen LogP contribution in [0.2, 0.25) is 4.34 Å². The Hall–Kier alpha value is -1.03. The number of rotatable bonds is 5. The Bertz CT molecular complexity index is 551. The van der Waals surface area contributed by atoms with Gasteiger partial charge in [0.1, 0.15) is 0 Å². The lowest BCUT2D eigenvalue weighted by molar-refractivity contribution is 0.901. The normalized spacial score (nSPS) is 10.7. The van der Waals surface area contributed by atoms with Crippen molar-refractivity contribution >= 4 is 28.6 Å². The van der Waals surface area contributed by atoms with Crippen molar-refractivity contribution in [2.24, 2.45) is 5.73 Å². The van der Waals surface area contributed by atoms with Crippen LogP contribution in [0.1, 0.15) is 16.0 Å². The van der Waals surface area contributed by atoms with Crippen molar-refractivity contribution in [2.75, 3.05) is 18.5 Å². The van der Waals surface area contributed by atoms with E-state index in [4.69, 9.17) is 17.3 Å². The minimum absolute atomic E-state index is 0.676. The molecule has 0 aliphatic rings. The van der Waals surface area contributed by atoms with Crippen LogP contribution in [0.15, 0.2) is 30.3 Å². The van der Waals surface area contributed by atoms with Gasteiger partial charge < -0.3 is 10.6 Å². The molecule has 19 heavy (non-hydrogen) atoms. The summed E-state index contributed by atoms with van der Waals surface area (Å²) in [5.74, 6) is 0. The van der Waals surface area contributed by atoms with Gasteiger partial charge in [-0.1, -0.05) is 29.3 Å². The summed E-state index contributed by atoms with van der Waals surface area (Å²) in [5, 5.41) is 0. The van der Waals surface area contributed by atoms with Gasteiger partial charge in [0.2, 0.25) is 0 Å². The summed E-state index contributed by atoms with van der Waals surface area (Å²) in [6, 6.07) is 10.6. The first-order valence-corrected chi connectivity index (χ1v) is 7.54. The number of aryl methyl sites for hydroxylation is 1. The van der Waals surface area contributed by atoms with Crippen molar-refractivity contribution in [2.45, 2.75) is 19.9 Å². The minimum Gasteiger partial charge on any atom is -0.369 e. The molecule has 0 atom stereocenters. The lowest BCUT2D eigenvalue weighted by Crippen LogP contribution is -2.18. The molecule has 0 spiro atoms. The molecule has 1 aromatic heterocycles. The summed E-state index contributed by atoms with van der Waals surface area (Å²) in [6.45, 7) is 3.66. The molecule has 0 aliphatic heterocycles. The molecule has 0 fully saturated rings. The fourth-order valence-electron chi connectivity index (χ4n) is 2.20. The van der Waals surface area contributed by atoms with Crippen LogP contribution < -0.4 is 10.6 Å². The summed E-state index contributed by atoms with van der Waals surface area (Å²) in [6.07, 6.45) is 0.909. The van der Waals surface area contributed by atoms with Crippen LogP contribution >= 0.6 is 22.9 Å². The summed E-state index contributed by atoms with van der Waals surface area (Å²) in [4.78, 5) is 3.53. The van der Waals surface area contributed by atoms with E-state index in [1.54, 1.807) is 11.3 Å². The molecule has 0 aliphatic carbocycles. The Balaban J connectivity index is 2.20. The van der Waals surface area contributed by atoms with Gasteiger partial charge in [-0.15, -0.1) is 11.3 Å². The van der Waals surface area contributed by atoms with Crippen molar-refractivity contribution in [3.8, 4) is 0 Å². The average Bonchev–Trinajstić information content (AvgIpc) is 2.75. The van der Waals surface area contributed by atoms with Crippen molar-refractivity contribution < 1.29 is 0 Å². The van der Waals surface area contributed by atoms with Crippen LogP contribution in [-0.4, -0.2) is 13.6 Å². The molecule has 102 valence electrons. The smallest absolute Gasteiger partial charge is 0.0931 e. The fraction of sp³-hybridized carbons (Fsp3) is 0.333. The lowest BCUT2D eigenvalue weighted by Gasteiger charge is -2.22. The Morgan fingerprint density at radius 3 is 2.68 bits per heavy atom. The van der Waals surface area contributed by atoms with Gasteiger partial charge in [0.05, 0.1) is 10.9 Å². The molecule has 2 N–H and O–H groups in total. The first-order chi connectivity index (χ1) is 9.10. The first kappa shape index (κ1) is 14.4. The Morgan fingerprint density at radius 2 is 2.05 bits per heavy atom. The van der Waals surface area contributed by atoms with Gasteiger partial charge in [0.25, 0.3) is 0 Å². The molecule has 4 heteroatoms. The van der Waals surface area contributed by atoms with E-state index in [1.165, 1.54) is 21.7 Å². The van der Waals surface area contributed by atoms with E-state index in [-0.39, 0.29) is 0 Å². The molecule has 0 amide bonds. The predicted octanol–water partition coefficient (Wildman–Crippen LogP) is 3.85. The van der Waals surface area contributed by atoms with E-state index in [1.807, 2.05) is 6.07 Å². The molecule has 2 nitrogen and oxygen atoms in total. The fourth-order valence-corrected chi connectivity index (χ4v) is 3.34. The summed E-state index contributed by atoms with van der Waals surface area (Å²) >= 11 is 7.61. The van der Waals surface area contributed by atoms with E-state index in [9.17, 15) is 0 Å². The third kappa shape index (κ3) is 3.72. The van der Waals surface area contributed by atoms with Crippen molar-refractivity contribution in [1.29, 1.82) is 0 Å². The zero-order valence-electron chi connectivity index (χ0n) is 11.3. The molecular formula is C15H19ClN2S. The quantitative estimate of drug-likeness (QED) is 0.907. The summed E-state index contributed by atoms with van der Waals surface area (Å²) in [5.41, 5.74) is 9.54. The molecule has 0 saturated heterocycles. The highest BCUT2D eigenvalue weighted by Crippen LogP contribution is 2.26. The Morgan fingerprint density at radius 1 is 1.26 bits per heavy atom. The second kappa shape index (κ2) is 6.42. The molecular weight excluding hydrogens is 276 g/mol. The third-order valence-corrected chi connectivity index (χ3v) is 4.30. The monoisotopic (exact) mass is 294 g/mol. The molecule has 0 radical (unpaired) electrons. The van der Waals surface area contributed by atoms with Gasteiger partial charge in [-0.3, -0.25) is 0 Å². The van der Waals surface area contributed by atoms with Crippen LogP contribution in [0.5, 0.6) is 0 Å². The van der Waals surface area contributed by atoms with Crippen LogP contribution in [-0.2, 0) is 13.0 Å². The number of halogens is 1. The van der Waals surface area contributed by atoms with Crippen LogP contribution in [0.4, 0.5) is 5.69 Å². The molecule has 2 aromatic rings. The molecule has 0 saturated carbocycles. The third-order valence-electron chi connectivity index (χ3n) is 3.08. The summed E-state index contributed by atoms with van der Waals surface area (Å²) < 4.78 is 0.842. The largest absolute Gasteiger partial charge is 0.369 e. The van der Waals surface area contributed by atoms with Gasteiger partial charge in [0.15, 0.2) is 0 Å². The second-order valence-corrected chi connectivity index (χ2v) is 6.53. The van der Waals surface area contributed by atoms with Gasteiger partial charge in [0, 0.05) is 17.6 Å². The van der Waals surface area contributed by atoms with E-state index in [2.05, 4.69) is 43.1 Å². The molecule has 1 heterocycles. The maximum Gasteiger partial charge on any atom is 0.0931 e. The van der Waals surface area contributed by atoms with Crippen molar-refractivity contribution in [3.63, 3.8) is 0 Å². The standard InChI is InChI=1S/C15H19ClN2S/c1-11-3-5-14(12(9-11)7-8-17)18(2)10-13-4-6-15(16)19-13/h3-6,9H,7-8,10,17H2,1-2H3. The predicted molar refractivity (Wildman–Crippen MR) is 85.4 cm³/mol. The highest BCUT2D eigenvalue weighted by molar-refractivity contribution is 7.16. The maximum absolute atomic E-state index is 5.98. The van der Waals surface area contributed by atoms with Gasteiger partial charge in [-0.25, -0.2) is 0 Å². The SMILES string of the molecule is Cc1ccc(N(C)Cc2ccc(Cl)s2)c(CCN)c1. The molecule has 0 unspecified atom stereocenters. The van der Waals surface area contributed by atoms with E-state index >= 15 is 0 Å².